The molecular weight excluding hydrogens is 294 g/mol. The first-order valence-electron chi connectivity index (χ1n) is 7.34. The van der Waals surface area contributed by atoms with Crippen molar-refractivity contribution in [1.82, 2.24) is 20.4 Å². The fourth-order valence-corrected chi connectivity index (χ4v) is 2.25. The van der Waals surface area contributed by atoms with Crippen LogP contribution >= 0.6 is 0 Å². The van der Waals surface area contributed by atoms with E-state index in [0.717, 1.165) is 17.7 Å². The lowest BCUT2D eigenvalue weighted by atomic mass is 10.1. The third kappa shape index (κ3) is 3.63. The third-order valence-electron chi connectivity index (χ3n) is 3.22. The number of nitrogens with zero attached hydrogens (tertiary/aromatic N) is 3. The molecule has 2 N–H and O–H groups in total. The van der Waals surface area contributed by atoms with Crippen molar-refractivity contribution in [2.24, 2.45) is 5.92 Å². The molecule has 7 nitrogen and oxygen atoms in total. The number of rotatable bonds is 5. The quantitative estimate of drug-likeness (QED) is 0.755. The highest BCUT2D eigenvalue weighted by atomic mass is 16.4. The van der Waals surface area contributed by atoms with E-state index in [9.17, 15) is 4.79 Å². The van der Waals surface area contributed by atoms with Crippen LogP contribution in [0.3, 0.4) is 0 Å². The van der Waals surface area contributed by atoms with Crippen LogP contribution in [0.2, 0.25) is 0 Å². The molecule has 0 saturated heterocycles. The largest absolute Gasteiger partial charge is 0.423 e. The van der Waals surface area contributed by atoms with Crippen molar-refractivity contribution in [1.29, 1.82) is 0 Å². The third-order valence-corrected chi connectivity index (χ3v) is 3.22. The van der Waals surface area contributed by atoms with E-state index >= 15 is 0 Å². The molecule has 2 aromatic heterocycles. The fraction of sp³-hybridized carbons (Fsp3) is 0.250. The topological polar surface area (TPSA) is 96.7 Å². The number of benzene rings is 1. The number of nitrogens with one attached hydrogen (secondary N) is 2. The van der Waals surface area contributed by atoms with Crippen LogP contribution in [0.1, 0.15) is 30.0 Å². The van der Waals surface area contributed by atoms with Crippen LogP contribution in [0.15, 0.2) is 41.1 Å². The Balaban J connectivity index is 1.73. The number of H-pyrrole nitrogens is 1. The summed E-state index contributed by atoms with van der Waals surface area (Å²) in [6.07, 6.45) is 2.12. The van der Waals surface area contributed by atoms with E-state index < -0.39 is 0 Å². The number of anilines is 1. The first kappa shape index (κ1) is 15.0. The summed E-state index contributed by atoms with van der Waals surface area (Å²) in [4.78, 5) is 12.3. The summed E-state index contributed by atoms with van der Waals surface area (Å²) >= 11 is 0. The lowest BCUT2D eigenvalue weighted by Gasteiger charge is -2.04. The van der Waals surface area contributed by atoms with Crippen LogP contribution in [0.5, 0.6) is 0 Å². The SMILES string of the molecule is CC(C)Cc1cc(C(=O)Nc2cccc(-c3nnco3)c2)n[nH]1. The number of aromatic nitrogens is 4. The zero-order chi connectivity index (χ0) is 16.2. The Hall–Kier alpha value is -2.96. The minimum atomic E-state index is -0.265. The molecule has 3 rings (SSSR count). The Morgan fingerprint density at radius 3 is 2.96 bits per heavy atom. The van der Waals surface area contributed by atoms with Crippen molar-refractivity contribution >= 4 is 11.6 Å². The van der Waals surface area contributed by atoms with Gasteiger partial charge in [-0.05, 0) is 36.6 Å². The van der Waals surface area contributed by atoms with Gasteiger partial charge in [-0.3, -0.25) is 9.89 Å². The summed E-state index contributed by atoms with van der Waals surface area (Å²) in [7, 11) is 0. The van der Waals surface area contributed by atoms with E-state index in [0.29, 0.717) is 23.2 Å². The molecule has 0 radical (unpaired) electrons. The first-order chi connectivity index (χ1) is 11.1. The average molecular weight is 311 g/mol. The second-order valence-corrected chi connectivity index (χ2v) is 5.66. The second kappa shape index (κ2) is 6.43. The first-order valence-corrected chi connectivity index (χ1v) is 7.34. The maximum absolute atomic E-state index is 12.3. The van der Waals surface area contributed by atoms with E-state index in [1.807, 2.05) is 12.1 Å². The number of hydrogen-bond acceptors (Lipinski definition) is 5. The zero-order valence-electron chi connectivity index (χ0n) is 12.9. The van der Waals surface area contributed by atoms with Gasteiger partial charge in [-0.1, -0.05) is 19.9 Å². The summed E-state index contributed by atoms with van der Waals surface area (Å²) in [6.45, 7) is 4.23. The van der Waals surface area contributed by atoms with Crippen LogP contribution in [0, 0.1) is 5.92 Å². The fourth-order valence-electron chi connectivity index (χ4n) is 2.25. The normalized spacial score (nSPS) is 10.9. The van der Waals surface area contributed by atoms with Gasteiger partial charge in [0.1, 0.15) is 0 Å². The van der Waals surface area contributed by atoms with E-state index in [2.05, 4.69) is 39.6 Å². The van der Waals surface area contributed by atoms with Gasteiger partial charge in [0.2, 0.25) is 12.3 Å². The summed E-state index contributed by atoms with van der Waals surface area (Å²) in [5.41, 5.74) is 2.69. The standard InChI is InChI=1S/C16H17N5O2/c1-10(2)6-13-8-14(20-19-13)15(22)18-12-5-3-4-11(7-12)16-21-17-9-23-16/h3-5,7-10H,6H2,1-2H3,(H,18,22)(H,19,20). The molecule has 0 saturated carbocycles. The summed E-state index contributed by atoms with van der Waals surface area (Å²) in [6, 6.07) is 8.98. The molecule has 1 aromatic carbocycles. The smallest absolute Gasteiger partial charge is 0.276 e. The number of amides is 1. The second-order valence-electron chi connectivity index (χ2n) is 5.66. The summed E-state index contributed by atoms with van der Waals surface area (Å²) < 4.78 is 5.15. The lowest BCUT2D eigenvalue weighted by Crippen LogP contribution is -2.12. The minimum Gasteiger partial charge on any atom is -0.423 e. The average Bonchev–Trinajstić information content (AvgIpc) is 3.18. The number of hydrogen-bond donors (Lipinski definition) is 2. The molecule has 23 heavy (non-hydrogen) atoms. The Bertz CT molecular complexity index is 792. The van der Waals surface area contributed by atoms with Crippen LogP contribution in [0.25, 0.3) is 11.5 Å². The Morgan fingerprint density at radius 2 is 2.22 bits per heavy atom. The molecule has 0 aliphatic heterocycles. The number of aromatic amines is 1. The van der Waals surface area contributed by atoms with Crippen LogP contribution in [-0.2, 0) is 6.42 Å². The zero-order valence-corrected chi connectivity index (χ0v) is 12.9. The van der Waals surface area contributed by atoms with Gasteiger partial charge in [-0.15, -0.1) is 10.2 Å². The van der Waals surface area contributed by atoms with E-state index in [-0.39, 0.29) is 5.91 Å². The van der Waals surface area contributed by atoms with Crippen LogP contribution in [0.4, 0.5) is 5.69 Å². The molecule has 2 heterocycles. The van der Waals surface area contributed by atoms with Gasteiger partial charge in [-0.2, -0.15) is 5.10 Å². The summed E-state index contributed by atoms with van der Waals surface area (Å²) in [5, 5.41) is 17.3. The van der Waals surface area contributed by atoms with E-state index in [1.165, 1.54) is 6.39 Å². The molecule has 0 unspecified atom stereocenters. The predicted molar refractivity (Wildman–Crippen MR) is 84.8 cm³/mol. The van der Waals surface area contributed by atoms with Crippen molar-refractivity contribution < 1.29 is 9.21 Å². The number of carbonyl (C=O) groups is 1. The molecule has 118 valence electrons. The maximum atomic E-state index is 12.3. The maximum Gasteiger partial charge on any atom is 0.276 e. The van der Waals surface area contributed by atoms with Gasteiger partial charge in [-0.25, -0.2) is 0 Å². The van der Waals surface area contributed by atoms with Crippen molar-refractivity contribution in [2.75, 3.05) is 5.32 Å². The molecule has 0 fully saturated rings. The highest BCUT2D eigenvalue weighted by Crippen LogP contribution is 2.20. The van der Waals surface area contributed by atoms with Crippen molar-refractivity contribution in [3.63, 3.8) is 0 Å². The van der Waals surface area contributed by atoms with Gasteiger partial charge >= 0.3 is 0 Å². The molecule has 0 atom stereocenters. The van der Waals surface area contributed by atoms with Gasteiger partial charge in [0.15, 0.2) is 5.69 Å². The molecule has 7 heteroatoms. The Kier molecular flexibility index (Phi) is 4.18. The van der Waals surface area contributed by atoms with Crippen molar-refractivity contribution in [3.8, 4) is 11.5 Å². The molecule has 0 bridgehead atoms. The van der Waals surface area contributed by atoms with Gasteiger partial charge in [0.25, 0.3) is 5.91 Å². The number of carbonyl (C=O) groups excluding carboxylic acids is 1. The Morgan fingerprint density at radius 1 is 1.35 bits per heavy atom. The molecule has 1 amide bonds. The van der Waals surface area contributed by atoms with Gasteiger partial charge < -0.3 is 9.73 Å². The van der Waals surface area contributed by atoms with E-state index in [1.54, 1.807) is 18.2 Å². The van der Waals surface area contributed by atoms with Gasteiger partial charge in [0, 0.05) is 16.9 Å². The molecule has 0 aliphatic carbocycles. The molecule has 0 aliphatic rings. The lowest BCUT2D eigenvalue weighted by molar-refractivity contribution is 0.102. The molecule has 0 spiro atoms. The molecular formula is C16H17N5O2. The highest BCUT2D eigenvalue weighted by molar-refractivity contribution is 6.03. The Labute approximate surface area is 133 Å². The molecule has 3 aromatic rings. The van der Waals surface area contributed by atoms with E-state index in [4.69, 9.17) is 4.42 Å². The predicted octanol–water partition coefficient (Wildman–Crippen LogP) is 2.91. The van der Waals surface area contributed by atoms with Crippen molar-refractivity contribution in [2.45, 2.75) is 20.3 Å². The van der Waals surface area contributed by atoms with Crippen LogP contribution < -0.4 is 5.32 Å². The summed E-state index contributed by atoms with van der Waals surface area (Å²) in [5.74, 6) is 0.636. The van der Waals surface area contributed by atoms with Crippen molar-refractivity contribution in [3.05, 3.63) is 48.1 Å². The minimum absolute atomic E-state index is 0.265. The van der Waals surface area contributed by atoms with Gasteiger partial charge in [0.05, 0.1) is 0 Å². The van der Waals surface area contributed by atoms with Crippen LogP contribution in [-0.4, -0.2) is 26.3 Å². The highest BCUT2D eigenvalue weighted by Gasteiger charge is 2.12. The monoisotopic (exact) mass is 311 g/mol.